The second-order valence-corrected chi connectivity index (χ2v) is 3.22. The monoisotopic (exact) mass is 254 g/mol. The Balaban J connectivity index is 2.72. The summed E-state index contributed by atoms with van der Waals surface area (Å²) in [5.41, 5.74) is 5.47. The highest BCUT2D eigenvalue weighted by molar-refractivity contribution is 5.92. The van der Waals surface area contributed by atoms with Gasteiger partial charge >= 0.3 is 5.97 Å². The lowest BCUT2D eigenvalue weighted by Crippen LogP contribution is -2.14. The van der Waals surface area contributed by atoms with E-state index in [4.69, 9.17) is 5.73 Å². The van der Waals surface area contributed by atoms with E-state index in [0.717, 1.165) is 12.1 Å². The van der Waals surface area contributed by atoms with Crippen LogP contribution in [-0.4, -0.2) is 18.8 Å². The number of rotatable bonds is 4. The molecule has 0 saturated carbocycles. The molecule has 1 aromatic rings. The number of allylic oxidation sites excluding steroid dienone is 1. The molecule has 6 heteroatoms. The smallest absolute Gasteiger partial charge is 0.354 e. The number of esters is 1. The van der Waals surface area contributed by atoms with Gasteiger partial charge in [0.2, 0.25) is 0 Å². The first kappa shape index (κ1) is 13.8. The SMILES string of the molecule is CCOC(=O)C(N)=CC=Nc1ccc(F)c(F)c1. The van der Waals surface area contributed by atoms with Crippen molar-refractivity contribution in [2.75, 3.05) is 6.61 Å². The van der Waals surface area contributed by atoms with Crippen molar-refractivity contribution in [1.82, 2.24) is 0 Å². The molecule has 0 amide bonds. The Morgan fingerprint density at radius 2 is 2.17 bits per heavy atom. The summed E-state index contributed by atoms with van der Waals surface area (Å²) in [6.07, 6.45) is 2.43. The highest BCUT2D eigenvalue weighted by Crippen LogP contribution is 2.15. The van der Waals surface area contributed by atoms with E-state index < -0.39 is 17.6 Å². The van der Waals surface area contributed by atoms with Crippen LogP contribution in [-0.2, 0) is 9.53 Å². The summed E-state index contributed by atoms with van der Waals surface area (Å²) in [4.78, 5) is 14.9. The number of carbonyl (C=O) groups is 1. The van der Waals surface area contributed by atoms with Gasteiger partial charge in [0.1, 0.15) is 5.70 Å². The number of hydrogen-bond acceptors (Lipinski definition) is 4. The van der Waals surface area contributed by atoms with Crippen molar-refractivity contribution in [3.63, 3.8) is 0 Å². The Hall–Kier alpha value is -2.24. The zero-order valence-corrected chi connectivity index (χ0v) is 9.69. The zero-order valence-electron chi connectivity index (χ0n) is 9.69. The molecule has 0 heterocycles. The molecule has 0 atom stereocenters. The van der Waals surface area contributed by atoms with Crippen molar-refractivity contribution in [3.8, 4) is 0 Å². The Labute approximate surface area is 103 Å². The van der Waals surface area contributed by atoms with Crippen LogP contribution >= 0.6 is 0 Å². The molecule has 96 valence electrons. The molecular formula is C12H12F2N2O2. The van der Waals surface area contributed by atoms with Crippen LogP contribution in [0.4, 0.5) is 14.5 Å². The van der Waals surface area contributed by atoms with Crippen LogP contribution in [0.2, 0.25) is 0 Å². The lowest BCUT2D eigenvalue weighted by molar-refractivity contribution is -0.138. The van der Waals surface area contributed by atoms with Crippen LogP contribution in [0.1, 0.15) is 6.92 Å². The highest BCUT2D eigenvalue weighted by atomic mass is 19.2. The maximum absolute atomic E-state index is 12.8. The largest absolute Gasteiger partial charge is 0.461 e. The highest BCUT2D eigenvalue weighted by Gasteiger charge is 2.03. The van der Waals surface area contributed by atoms with Crippen molar-refractivity contribution in [2.45, 2.75) is 6.92 Å². The number of benzene rings is 1. The third-order valence-electron chi connectivity index (χ3n) is 1.89. The van der Waals surface area contributed by atoms with Crippen molar-refractivity contribution in [1.29, 1.82) is 0 Å². The minimum atomic E-state index is -0.994. The van der Waals surface area contributed by atoms with E-state index >= 15 is 0 Å². The number of nitrogens with two attached hydrogens (primary N) is 1. The number of carbonyl (C=O) groups excluding carboxylic acids is 1. The molecule has 0 radical (unpaired) electrons. The zero-order chi connectivity index (χ0) is 13.5. The second kappa shape index (κ2) is 6.48. The molecule has 0 spiro atoms. The van der Waals surface area contributed by atoms with Gasteiger partial charge in [0.15, 0.2) is 11.6 Å². The van der Waals surface area contributed by atoms with Crippen LogP contribution in [0.15, 0.2) is 35.0 Å². The first-order chi connectivity index (χ1) is 8.54. The summed E-state index contributed by atoms with van der Waals surface area (Å²) >= 11 is 0. The van der Waals surface area contributed by atoms with Crippen LogP contribution < -0.4 is 5.73 Å². The quantitative estimate of drug-likeness (QED) is 0.508. The average Bonchev–Trinajstić information content (AvgIpc) is 2.34. The van der Waals surface area contributed by atoms with Crippen LogP contribution in [0, 0.1) is 11.6 Å². The maximum Gasteiger partial charge on any atom is 0.354 e. The van der Waals surface area contributed by atoms with Crippen molar-refractivity contribution < 1.29 is 18.3 Å². The van der Waals surface area contributed by atoms with Gasteiger partial charge in [0, 0.05) is 12.3 Å². The van der Waals surface area contributed by atoms with Gasteiger partial charge in [-0.2, -0.15) is 0 Å². The maximum atomic E-state index is 12.8. The Kier molecular flexibility index (Phi) is 4.98. The summed E-state index contributed by atoms with van der Waals surface area (Å²) in [6, 6.07) is 3.18. The van der Waals surface area contributed by atoms with E-state index in [1.165, 1.54) is 18.4 Å². The van der Waals surface area contributed by atoms with Crippen LogP contribution in [0.25, 0.3) is 0 Å². The standard InChI is InChI=1S/C12H12F2N2O2/c1-2-18-12(17)11(15)5-6-16-8-3-4-9(13)10(14)7-8/h3-7H,2,15H2,1H3. The molecule has 2 N–H and O–H groups in total. The normalized spacial score (nSPS) is 11.8. The Morgan fingerprint density at radius 3 is 2.78 bits per heavy atom. The van der Waals surface area contributed by atoms with Crippen molar-refractivity contribution >= 4 is 17.9 Å². The lowest BCUT2D eigenvalue weighted by Gasteiger charge is -1.99. The molecule has 1 aromatic carbocycles. The fourth-order valence-electron chi connectivity index (χ4n) is 1.05. The van der Waals surface area contributed by atoms with Crippen molar-refractivity contribution in [3.05, 3.63) is 41.6 Å². The van der Waals surface area contributed by atoms with Gasteiger partial charge in [-0.1, -0.05) is 0 Å². The molecule has 18 heavy (non-hydrogen) atoms. The van der Waals surface area contributed by atoms with Gasteiger partial charge in [-0.15, -0.1) is 0 Å². The summed E-state index contributed by atoms with van der Waals surface area (Å²) in [5.74, 6) is -2.60. The molecule has 4 nitrogen and oxygen atoms in total. The number of hydrogen-bond donors (Lipinski definition) is 1. The topological polar surface area (TPSA) is 64.7 Å². The summed E-state index contributed by atoms with van der Waals surface area (Å²) in [6.45, 7) is 1.87. The summed E-state index contributed by atoms with van der Waals surface area (Å²) < 4.78 is 30.1. The van der Waals surface area contributed by atoms with Crippen LogP contribution in [0.5, 0.6) is 0 Å². The first-order valence-electron chi connectivity index (χ1n) is 5.16. The van der Waals surface area contributed by atoms with Gasteiger partial charge in [-0.25, -0.2) is 13.6 Å². The third kappa shape index (κ3) is 3.97. The molecule has 0 aliphatic rings. The number of halogens is 2. The average molecular weight is 254 g/mol. The minimum absolute atomic E-state index is 0.122. The molecule has 0 saturated heterocycles. The fourth-order valence-corrected chi connectivity index (χ4v) is 1.05. The van der Waals surface area contributed by atoms with E-state index in [2.05, 4.69) is 9.73 Å². The van der Waals surface area contributed by atoms with E-state index in [1.54, 1.807) is 6.92 Å². The van der Waals surface area contributed by atoms with E-state index in [9.17, 15) is 13.6 Å². The Morgan fingerprint density at radius 1 is 1.44 bits per heavy atom. The number of aliphatic imine (C=N–C) groups is 1. The lowest BCUT2D eigenvalue weighted by atomic mass is 10.3. The van der Waals surface area contributed by atoms with E-state index in [-0.39, 0.29) is 18.0 Å². The third-order valence-corrected chi connectivity index (χ3v) is 1.89. The van der Waals surface area contributed by atoms with Gasteiger partial charge in [-0.3, -0.25) is 4.99 Å². The minimum Gasteiger partial charge on any atom is -0.461 e. The molecule has 0 bridgehead atoms. The van der Waals surface area contributed by atoms with E-state index in [1.807, 2.05) is 0 Å². The molecule has 0 fully saturated rings. The number of ether oxygens (including phenoxy) is 1. The van der Waals surface area contributed by atoms with E-state index in [0.29, 0.717) is 0 Å². The number of nitrogens with zero attached hydrogens (tertiary/aromatic N) is 1. The van der Waals surface area contributed by atoms with Crippen molar-refractivity contribution in [2.24, 2.45) is 10.7 Å². The predicted molar refractivity (Wildman–Crippen MR) is 63.4 cm³/mol. The Bertz CT molecular complexity index is 499. The second-order valence-electron chi connectivity index (χ2n) is 3.22. The van der Waals surface area contributed by atoms with Gasteiger partial charge < -0.3 is 10.5 Å². The van der Waals surface area contributed by atoms with Gasteiger partial charge in [0.05, 0.1) is 12.3 Å². The molecule has 0 aliphatic heterocycles. The molecular weight excluding hydrogens is 242 g/mol. The van der Waals surface area contributed by atoms with Gasteiger partial charge in [-0.05, 0) is 25.1 Å². The molecule has 0 aromatic heterocycles. The first-order valence-corrected chi connectivity index (χ1v) is 5.16. The predicted octanol–water partition coefficient (Wildman–Crippen LogP) is 2.07. The summed E-state index contributed by atoms with van der Waals surface area (Å²) in [7, 11) is 0. The fraction of sp³-hybridized carbons (Fsp3) is 0.167. The van der Waals surface area contributed by atoms with Gasteiger partial charge in [0.25, 0.3) is 0 Å². The summed E-state index contributed by atoms with van der Waals surface area (Å²) in [5, 5.41) is 0. The molecule has 1 rings (SSSR count). The molecule has 0 aliphatic carbocycles. The van der Waals surface area contributed by atoms with Crippen LogP contribution in [0.3, 0.4) is 0 Å². The molecule has 0 unspecified atom stereocenters.